The molecule has 1 aromatic carbocycles. The van der Waals surface area contributed by atoms with Crippen molar-refractivity contribution in [1.82, 2.24) is 15.3 Å². The number of rotatable bonds is 6. The number of amides is 1. The zero-order valence-corrected chi connectivity index (χ0v) is 14.6. The number of nitriles is 1. The molecule has 9 heteroatoms. The quantitative estimate of drug-likeness (QED) is 0.679. The second-order valence-corrected chi connectivity index (χ2v) is 6.05. The van der Waals surface area contributed by atoms with Crippen LogP contribution in [0.2, 0.25) is 0 Å². The lowest BCUT2D eigenvalue weighted by atomic mass is 10.1. The first-order chi connectivity index (χ1) is 13.1. The first kappa shape index (κ1) is 18.4. The van der Waals surface area contributed by atoms with Gasteiger partial charge in [-0.15, -0.1) is 0 Å². The number of nitrogen functional groups attached to an aromatic ring is 2. The van der Waals surface area contributed by atoms with E-state index in [2.05, 4.69) is 15.3 Å². The maximum Gasteiger partial charge on any atom is 0.258 e. The van der Waals surface area contributed by atoms with Gasteiger partial charge in [0, 0.05) is 18.7 Å². The van der Waals surface area contributed by atoms with Crippen molar-refractivity contribution in [2.24, 2.45) is 0 Å². The standard InChI is InChI=1S/C18H20N6O3/c19-8-14-16(23-18(21)24-17(14)20)11-3-5-12(6-4-11)27-10-15(25)22-9-13-2-1-7-26-13/h3-6,13H,1-2,7,9-10H2,(H,22,25)(H4,20,21,23,24). The number of ether oxygens (including phenoxy) is 2. The van der Waals surface area contributed by atoms with Crippen LogP contribution in [-0.2, 0) is 9.53 Å². The Bertz CT molecular complexity index is 857. The lowest BCUT2D eigenvalue weighted by molar-refractivity contribution is -0.123. The zero-order valence-electron chi connectivity index (χ0n) is 14.6. The molecule has 1 aromatic heterocycles. The van der Waals surface area contributed by atoms with E-state index in [1.54, 1.807) is 24.3 Å². The third-order valence-corrected chi connectivity index (χ3v) is 4.11. The minimum Gasteiger partial charge on any atom is -0.484 e. The fraction of sp³-hybridized carbons (Fsp3) is 0.333. The van der Waals surface area contributed by atoms with Gasteiger partial charge in [-0.2, -0.15) is 10.2 Å². The topological polar surface area (TPSA) is 149 Å². The Kier molecular flexibility index (Phi) is 5.68. The van der Waals surface area contributed by atoms with Crippen LogP contribution >= 0.6 is 0 Å². The number of nitrogens with zero attached hydrogens (tertiary/aromatic N) is 3. The van der Waals surface area contributed by atoms with Crippen LogP contribution in [0.1, 0.15) is 18.4 Å². The van der Waals surface area contributed by atoms with Gasteiger partial charge in [0.2, 0.25) is 5.95 Å². The third kappa shape index (κ3) is 4.62. The highest BCUT2D eigenvalue weighted by atomic mass is 16.5. The molecule has 0 bridgehead atoms. The van der Waals surface area contributed by atoms with Crippen LogP contribution in [0.25, 0.3) is 11.3 Å². The Labute approximate surface area is 156 Å². The molecule has 0 radical (unpaired) electrons. The van der Waals surface area contributed by atoms with E-state index in [-0.39, 0.29) is 35.9 Å². The van der Waals surface area contributed by atoms with Crippen molar-refractivity contribution in [2.45, 2.75) is 18.9 Å². The molecule has 1 saturated heterocycles. The normalized spacial score (nSPS) is 15.9. The smallest absolute Gasteiger partial charge is 0.258 e. The molecule has 1 amide bonds. The monoisotopic (exact) mass is 368 g/mol. The highest BCUT2D eigenvalue weighted by Gasteiger charge is 2.16. The van der Waals surface area contributed by atoms with Crippen molar-refractivity contribution >= 4 is 17.7 Å². The van der Waals surface area contributed by atoms with Crippen LogP contribution in [0, 0.1) is 11.3 Å². The number of anilines is 2. The zero-order chi connectivity index (χ0) is 19.2. The fourth-order valence-electron chi connectivity index (χ4n) is 2.76. The van der Waals surface area contributed by atoms with Crippen LogP contribution in [-0.4, -0.2) is 41.7 Å². The van der Waals surface area contributed by atoms with Gasteiger partial charge in [-0.1, -0.05) is 0 Å². The first-order valence-corrected chi connectivity index (χ1v) is 8.51. The number of nitrogens with two attached hydrogens (primary N) is 2. The van der Waals surface area contributed by atoms with Gasteiger partial charge in [0.25, 0.3) is 5.91 Å². The second-order valence-electron chi connectivity index (χ2n) is 6.05. The number of aromatic nitrogens is 2. The number of nitrogens with one attached hydrogen (secondary N) is 1. The molecule has 1 atom stereocenters. The largest absolute Gasteiger partial charge is 0.484 e. The molecule has 1 aliphatic heterocycles. The first-order valence-electron chi connectivity index (χ1n) is 8.51. The predicted molar refractivity (Wildman–Crippen MR) is 98.5 cm³/mol. The van der Waals surface area contributed by atoms with Crippen molar-refractivity contribution in [1.29, 1.82) is 5.26 Å². The van der Waals surface area contributed by atoms with Gasteiger partial charge in [-0.25, -0.2) is 4.98 Å². The van der Waals surface area contributed by atoms with Gasteiger partial charge in [0.05, 0.1) is 11.8 Å². The van der Waals surface area contributed by atoms with Crippen molar-refractivity contribution < 1.29 is 14.3 Å². The average Bonchev–Trinajstić information content (AvgIpc) is 3.18. The maximum absolute atomic E-state index is 11.8. The summed E-state index contributed by atoms with van der Waals surface area (Å²) in [6, 6.07) is 8.76. The molecule has 5 N–H and O–H groups in total. The van der Waals surface area contributed by atoms with Crippen molar-refractivity contribution in [3.63, 3.8) is 0 Å². The number of hydrogen-bond acceptors (Lipinski definition) is 8. The molecule has 1 aliphatic rings. The molecule has 1 fully saturated rings. The Morgan fingerprint density at radius 3 is 2.78 bits per heavy atom. The fourth-order valence-corrected chi connectivity index (χ4v) is 2.76. The van der Waals surface area contributed by atoms with Gasteiger partial charge in [0.15, 0.2) is 6.61 Å². The molecule has 1 unspecified atom stereocenters. The Balaban J connectivity index is 1.59. The molecular formula is C18H20N6O3. The van der Waals surface area contributed by atoms with Crippen LogP contribution in [0.5, 0.6) is 5.75 Å². The number of hydrogen-bond donors (Lipinski definition) is 3. The molecule has 140 valence electrons. The summed E-state index contributed by atoms with van der Waals surface area (Å²) >= 11 is 0. The highest BCUT2D eigenvalue weighted by molar-refractivity contribution is 5.77. The van der Waals surface area contributed by atoms with Crippen LogP contribution in [0.15, 0.2) is 24.3 Å². The van der Waals surface area contributed by atoms with E-state index >= 15 is 0 Å². The molecule has 2 aromatic rings. The number of carbonyl (C=O) groups is 1. The summed E-state index contributed by atoms with van der Waals surface area (Å²) in [5.74, 6) is 0.324. The van der Waals surface area contributed by atoms with Crippen LogP contribution in [0.3, 0.4) is 0 Å². The highest BCUT2D eigenvalue weighted by Crippen LogP contribution is 2.26. The Morgan fingerprint density at radius 1 is 1.33 bits per heavy atom. The summed E-state index contributed by atoms with van der Waals surface area (Å²) in [6.07, 6.45) is 2.08. The number of carbonyl (C=O) groups excluding carboxylic acids is 1. The molecule has 0 spiro atoms. The van der Waals surface area contributed by atoms with E-state index in [1.807, 2.05) is 6.07 Å². The average molecular weight is 368 g/mol. The number of benzene rings is 1. The van der Waals surface area contributed by atoms with Gasteiger partial charge < -0.3 is 26.3 Å². The molecule has 27 heavy (non-hydrogen) atoms. The summed E-state index contributed by atoms with van der Waals surface area (Å²) in [5.41, 5.74) is 12.5. The van der Waals surface area contributed by atoms with Crippen molar-refractivity contribution in [2.75, 3.05) is 31.2 Å². The molecule has 9 nitrogen and oxygen atoms in total. The summed E-state index contributed by atoms with van der Waals surface area (Å²) < 4.78 is 10.9. The van der Waals surface area contributed by atoms with E-state index in [0.29, 0.717) is 23.6 Å². The van der Waals surface area contributed by atoms with Crippen LogP contribution < -0.4 is 21.5 Å². The minimum absolute atomic E-state index is 0.00950. The molecule has 0 saturated carbocycles. The van der Waals surface area contributed by atoms with E-state index in [4.69, 9.17) is 20.9 Å². The lowest BCUT2D eigenvalue weighted by Gasteiger charge is -2.12. The van der Waals surface area contributed by atoms with Crippen molar-refractivity contribution in [3.8, 4) is 23.1 Å². The lowest BCUT2D eigenvalue weighted by Crippen LogP contribution is -2.35. The van der Waals surface area contributed by atoms with Gasteiger partial charge in [-0.05, 0) is 37.1 Å². The van der Waals surface area contributed by atoms with Gasteiger partial charge in [-0.3, -0.25) is 4.79 Å². The Morgan fingerprint density at radius 2 is 2.11 bits per heavy atom. The SMILES string of the molecule is N#Cc1c(N)nc(N)nc1-c1ccc(OCC(=O)NCC2CCCO2)cc1. The van der Waals surface area contributed by atoms with E-state index in [1.165, 1.54) is 0 Å². The van der Waals surface area contributed by atoms with Crippen molar-refractivity contribution in [3.05, 3.63) is 29.8 Å². The summed E-state index contributed by atoms with van der Waals surface area (Å²) in [6.45, 7) is 1.15. The summed E-state index contributed by atoms with van der Waals surface area (Å²) in [7, 11) is 0. The third-order valence-electron chi connectivity index (χ3n) is 4.11. The van der Waals surface area contributed by atoms with Crippen LogP contribution in [0.4, 0.5) is 11.8 Å². The molecular weight excluding hydrogens is 348 g/mol. The molecule has 3 rings (SSSR count). The second kappa shape index (κ2) is 8.33. The Hall–Kier alpha value is -3.38. The molecule has 2 heterocycles. The maximum atomic E-state index is 11.8. The van der Waals surface area contributed by atoms with Gasteiger partial charge >= 0.3 is 0 Å². The van der Waals surface area contributed by atoms with E-state index in [9.17, 15) is 10.1 Å². The summed E-state index contributed by atoms with van der Waals surface area (Å²) in [4.78, 5) is 19.7. The van der Waals surface area contributed by atoms with Gasteiger partial charge in [0.1, 0.15) is 23.2 Å². The predicted octanol–water partition coefficient (Wildman–Crippen LogP) is 0.854. The molecule has 0 aliphatic carbocycles. The van der Waals surface area contributed by atoms with E-state index in [0.717, 1.165) is 19.4 Å². The van der Waals surface area contributed by atoms with E-state index < -0.39 is 0 Å². The summed E-state index contributed by atoms with van der Waals surface area (Å²) in [5, 5.41) is 12.0. The minimum atomic E-state index is -0.210.